The summed E-state index contributed by atoms with van der Waals surface area (Å²) >= 11 is 1.82. The van der Waals surface area contributed by atoms with Gasteiger partial charge in [0.15, 0.2) is 0 Å². The van der Waals surface area contributed by atoms with E-state index in [9.17, 15) is 4.79 Å². The van der Waals surface area contributed by atoms with Crippen LogP contribution in [-0.2, 0) is 11.3 Å². The summed E-state index contributed by atoms with van der Waals surface area (Å²) in [6.07, 6.45) is 9.71. The Morgan fingerprint density at radius 3 is 2.82 bits per heavy atom. The number of rotatable bonds is 5. The summed E-state index contributed by atoms with van der Waals surface area (Å²) in [5, 5.41) is 3.54. The van der Waals surface area contributed by atoms with Crippen molar-refractivity contribution in [3.63, 3.8) is 0 Å². The first-order valence-corrected chi connectivity index (χ1v) is 12.8. The number of anilines is 1. The minimum absolute atomic E-state index is 0.140. The average molecular weight is 468 g/mol. The first kappa shape index (κ1) is 22.5. The van der Waals surface area contributed by atoms with Crippen LogP contribution in [0.3, 0.4) is 0 Å². The summed E-state index contributed by atoms with van der Waals surface area (Å²) in [5.41, 5.74) is 9.55. The van der Waals surface area contributed by atoms with Crippen molar-refractivity contribution in [2.75, 3.05) is 18.5 Å². The van der Waals surface area contributed by atoms with E-state index in [0.29, 0.717) is 11.6 Å². The molecular formula is C25H33N5O2S. The first-order valence-electron chi connectivity index (χ1n) is 12.0. The lowest BCUT2D eigenvalue weighted by Crippen LogP contribution is -2.44. The number of fused-ring (bicyclic) bond motifs is 1. The van der Waals surface area contributed by atoms with Crippen LogP contribution in [0.4, 0.5) is 11.4 Å². The van der Waals surface area contributed by atoms with Crippen molar-refractivity contribution in [1.29, 1.82) is 0 Å². The van der Waals surface area contributed by atoms with Crippen molar-refractivity contribution in [2.24, 2.45) is 10.7 Å². The van der Waals surface area contributed by atoms with Gasteiger partial charge in [-0.2, -0.15) is 0 Å². The lowest BCUT2D eigenvalue weighted by Gasteiger charge is -2.40. The number of pyridine rings is 1. The van der Waals surface area contributed by atoms with E-state index in [1.54, 1.807) is 6.20 Å². The molecule has 0 unspecified atom stereocenters. The number of amidine groups is 1. The van der Waals surface area contributed by atoms with Crippen molar-refractivity contribution in [3.8, 4) is 0 Å². The Bertz CT molecular complexity index is 1090. The molecular weight excluding hydrogens is 434 g/mol. The molecule has 4 N–H and O–H groups in total. The molecule has 0 atom stereocenters. The Kier molecular flexibility index (Phi) is 6.49. The third-order valence-corrected chi connectivity index (χ3v) is 8.56. The van der Waals surface area contributed by atoms with Crippen LogP contribution in [-0.4, -0.2) is 39.9 Å². The van der Waals surface area contributed by atoms with E-state index in [4.69, 9.17) is 10.5 Å². The lowest BCUT2D eigenvalue weighted by atomic mass is 9.92. The number of nitrogens with zero attached hydrogens (tertiary/aromatic N) is 2. The van der Waals surface area contributed by atoms with E-state index >= 15 is 0 Å². The van der Waals surface area contributed by atoms with Crippen molar-refractivity contribution in [2.45, 2.75) is 74.9 Å². The monoisotopic (exact) mass is 467 g/mol. The normalized spacial score (nSPS) is 21.7. The summed E-state index contributed by atoms with van der Waals surface area (Å²) in [6.45, 7) is 4.84. The fourth-order valence-corrected chi connectivity index (χ4v) is 6.24. The van der Waals surface area contributed by atoms with Crippen molar-refractivity contribution in [3.05, 3.63) is 51.9 Å². The van der Waals surface area contributed by atoms with Gasteiger partial charge in [-0.1, -0.05) is 19.3 Å². The summed E-state index contributed by atoms with van der Waals surface area (Å²) < 4.78 is 8.05. The largest absolute Gasteiger partial charge is 0.383 e. The zero-order valence-corrected chi connectivity index (χ0v) is 20.0. The fraction of sp³-hybridized carbons (Fsp3) is 0.520. The van der Waals surface area contributed by atoms with Gasteiger partial charge < -0.3 is 20.8 Å². The zero-order chi connectivity index (χ0) is 22.8. The maximum atomic E-state index is 12.7. The van der Waals surface area contributed by atoms with Crippen LogP contribution >= 0.6 is 11.9 Å². The van der Waals surface area contributed by atoms with Gasteiger partial charge in [-0.3, -0.25) is 4.79 Å². The van der Waals surface area contributed by atoms with Crippen LogP contribution < -0.4 is 16.6 Å². The predicted octanol–water partition coefficient (Wildman–Crippen LogP) is 4.55. The number of nitrogens with two attached hydrogens (primary N) is 1. The SMILES string of the molecule is CC1(N2Cc3cc(N=C(N)c4c(NC5CCCCC5)cc[nH]c4=O)ccc3S2)CCOCC1. The number of aromatic amines is 1. The molecule has 0 radical (unpaired) electrons. The van der Waals surface area contributed by atoms with Gasteiger partial charge in [-0.15, -0.1) is 0 Å². The number of nitrogens with one attached hydrogen (secondary N) is 2. The second kappa shape index (κ2) is 9.52. The summed E-state index contributed by atoms with van der Waals surface area (Å²) in [5.74, 6) is 0.244. The van der Waals surface area contributed by atoms with Gasteiger partial charge in [0.2, 0.25) is 0 Å². The topological polar surface area (TPSA) is 95.7 Å². The molecule has 0 bridgehead atoms. The second-order valence-corrected chi connectivity index (χ2v) is 10.7. The zero-order valence-electron chi connectivity index (χ0n) is 19.2. The van der Waals surface area contributed by atoms with Gasteiger partial charge >= 0.3 is 0 Å². The van der Waals surface area contributed by atoms with Crippen LogP contribution in [0, 0.1) is 0 Å². The van der Waals surface area contributed by atoms with Gasteiger partial charge in [0.25, 0.3) is 5.56 Å². The number of hydrogen-bond donors (Lipinski definition) is 3. The maximum absolute atomic E-state index is 12.7. The van der Waals surface area contributed by atoms with Crippen molar-refractivity contribution < 1.29 is 4.74 Å². The molecule has 33 heavy (non-hydrogen) atoms. The van der Waals surface area contributed by atoms with Crippen LogP contribution in [0.2, 0.25) is 0 Å². The van der Waals surface area contributed by atoms with E-state index < -0.39 is 0 Å². The van der Waals surface area contributed by atoms with Gasteiger partial charge in [0.05, 0.1) is 11.4 Å². The molecule has 5 rings (SSSR count). The number of hydrogen-bond acceptors (Lipinski definition) is 6. The molecule has 0 amide bonds. The molecule has 2 aromatic rings. The highest BCUT2D eigenvalue weighted by Gasteiger charge is 2.38. The quantitative estimate of drug-likeness (QED) is 0.339. The van der Waals surface area contributed by atoms with E-state index in [1.165, 1.54) is 29.7 Å². The smallest absolute Gasteiger partial charge is 0.261 e. The molecule has 3 heterocycles. The third-order valence-electron chi connectivity index (χ3n) is 7.17. The van der Waals surface area contributed by atoms with E-state index in [1.807, 2.05) is 24.1 Å². The summed E-state index contributed by atoms with van der Waals surface area (Å²) in [6, 6.07) is 8.47. The number of H-pyrrole nitrogens is 1. The fourth-order valence-electron chi connectivity index (χ4n) is 5.03. The van der Waals surface area contributed by atoms with Crippen LogP contribution in [0.15, 0.2) is 45.1 Å². The molecule has 2 aliphatic heterocycles. The second-order valence-electron chi connectivity index (χ2n) is 9.60. The van der Waals surface area contributed by atoms with E-state index in [0.717, 1.165) is 56.8 Å². The standard InChI is InChI=1S/C25H33N5O2S/c1-25(10-13-32-14-11-25)30-16-17-15-19(7-8-21(17)33-30)29-23(26)22-20(9-12-27-24(22)31)28-18-5-3-2-4-6-18/h7-9,12,15,18H,2-6,10-11,13-14,16H2,1H3,(H2,26,29)(H2,27,28,31). The molecule has 1 aromatic carbocycles. The van der Waals surface area contributed by atoms with Gasteiger partial charge in [0.1, 0.15) is 11.4 Å². The van der Waals surface area contributed by atoms with E-state index in [-0.39, 0.29) is 16.9 Å². The van der Waals surface area contributed by atoms with Crippen LogP contribution in [0.5, 0.6) is 0 Å². The Morgan fingerprint density at radius 2 is 2.03 bits per heavy atom. The molecule has 1 saturated heterocycles. The Balaban J connectivity index is 1.37. The number of aromatic nitrogens is 1. The van der Waals surface area contributed by atoms with E-state index in [2.05, 4.69) is 38.7 Å². The highest BCUT2D eigenvalue weighted by atomic mass is 32.2. The summed E-state index contributed by atoms with van der Waals surface area (Å²) in [4.78, 5) is 21.4. The average Bonchev–Trinajstić information content (AvgIpc) is 3.25. The molecule has 7 nitrogen and oxygen atoms in total. The van der Waals surface area contributed by atoms with Crippen molar-refractivity contribution in [1.82, 2.24) is 9.29 Å². The van der Waals surface area contributed by atoms with Gasteiger partial charge in [0, 0.05) is 42.4 Å². The number of aliphatic imine (C=N–C) groups is 1. The van der Waals surface area contributed by atoms with Crippen LogP contribution in [0.1, 0.15) is 63.0 Å². The predicted molar refractivity (Wildman–Crippen MR) is 134 cm³/mol. The van der Waals surface area contributed by atoms with Crippen LogP contribution in [0.25, 0.3) is 0 Å². The molecule has 1 aromatic heterocycles. The molecule has 0 spiro atoms. The number of ether oxygens (including phenoxy) is 1. The maximum Gasteiger partial charge on any atom is 0.261 e. The first-order chi connectivity index (χ1) is 16.0. The Morgan fingerprint density at radius 1 is 1.24 bits per heavy atom. The lowest BCUT2D eigenvalue weighted by molar-refractivity contribution is 0.0170. The van der Waals surface area contributed by atoms with Gasteiger partial charge in [-0.05, 0) is 74.4 Å². The van der Waals surface area contributed by atoms with Crippen molar-refractivity contribution >= 4 is 29.2 Å². The number of benzene rings is 1. The highest BCUT2D eigenvalue weighted by molar-refractivity contribution is 7.97. The molecule has 3 aliphatic rings. The third kappa shape index (κ3) is 4.83. The minimum atomic E-state index is -0.215. The molecule has 8 heteroatoms. The molecule has 176 valence electrons. The molecule has 1 aliphatic carbocycles. The summed E-state index contributed by atoms with van der Waals surface area (Å²) in [7, 11) is 0. The Labute approximate surface area is 199 Å². The Hall–Kier alpha value is -2.29. The highest BCUT2D eigenvalue weighted by Crippen LogP contribution is 2.45. The minimum Gasteiger partial charge on any atom is -0.383 e. The molecule has 2 fully saturated rings. The van der Waals surface area contributed by atoms with Gasteiger partial charge in [-0.25, -0.2) is 9.30 Å². The molecule has 1 saturated carbocycles.